The summed E-state index contributed by atoms with van der Waals surface area (Å²) < 4.78 is 15.3. The Labute approximate surface area is 148 Å². The van der Waals surface area contributed by atoms with Gasteiger partial charge >= 0.3 is 0 Å². The molecule has 0 amide bonds. The second-order valence-corrected chi connectivity index (χ2v) is 5.85. The van der Waals surface area contributed by atoms with Gasteiger partial charge in [-0.3, -0.25) is 0 Å². The van der Waals surface area contributed by atoms with Crippen LogP contribution >= 0.6 is 0 Å². The number of fused-ring (bicyclic) bond motifs is 1. The summed E-state index contributed by atoms with van der Waals surface area (Å²) in [4.78, 5) is 17.2. The van der Waals surface area contributed by atoms with Gasteiger partial charge < -0.3 is 15.6 Å². The topological polar surface area (TPSA) is 94.5 Å². The maximum atomic E-state index is 13.4. The molecule has 3 heterocycles. The summed E-state index contributed by atoms with van der Waals surface area (Å²) >= 11 is 0. The quantitative estimate of drug-likeness (QED) is 0.588. The smallest absolute Gasteiger partial charge is 0.166 e. The molecule has 0 aliphatic rings. The summed E-state index contributed by atoms with van der Waals surface area (Å²) in [5.41, 5.74) is 7.09. The van der Waals surface area contributed by atoms with Crippen molar-refractivity contribution in [2.75, 3.05) is 11.1 Å². The average Bonchev–Trinajstić information content (AvgIpc) is 3.06. The monoisotopic (exact) mass is 349 g/mol. The maximum absolute atomic E-state index is 13.4. The van der Waals surface area contributed by atoms with E-state index < -0.39 is 0 Å². The first kappa shape index (κ1) is 15.9. The van der Waals surface area contributed by atoms with Gasteiger partial charge in [0.25, 0.3) is 0 Å². The van der Waals surface area contributed by atoms with Gasteiger partial charge in [0.2, 0.25) is 0 Å². The number of imidazole rings is 1. The molecule has 0 saturated carbocycles. The second kappa shape index (κ2) is 6.40. The molecule has 0 bridgehead atoms. The van der Waals surface area contributed by atoms with E-state index in [0.717, 1.165) is 16.8 Å². The van der Waals surface area contributed by atoms with Crippen molar-refractivity contribution < 1.29 is 4.39 Å². The van der Waals surface area contributed by atoms with E-state index in [0.29, 0.717) is 17.3 Å². The fourth-order valence-corrected chi connectivity index (χ4v) is 2.82. The lowest BCUT2D eigenvalue weighted by atomic mass is 10.1. The van der Waals surface area contributed by atoms with Gasteiger partial charge in [0.15, 0.2) is 5.65 Å². The number of rotatable bonds is 4. The van der Waals surface area contributed by atoms with Gasteiger partial charge in [0.05, 0.1) is 5.39 Å². The number of anilines is 2. The third kappa shape index (κ3) is 2.92. The number of nitrogens with two attached hydrogens (primary N) is 1. The lowest BCUT2D eigenvalue weighted by molar-refractivity contribution is 0.626. The number of hydrogen-bond acceptors (Lipinski definition) is 6. The molecule has 0 spiro atoms. The third-order valence-corrected chi connectivity index (χ3v) is 4.12. The summed E-state index contributed by atoms with van der Waals surface area (Å²) in [5.74, 6) is 1.47. The Kier molecular flexibility index (Phi) is 3.92. The van der Waals surface area contributed by atoms with Crippen molar-refractivity contribution >= 4 is 22.7 Å². The zero-order valence-corrected chi connectivity index (χ0v) is 14.0. The van der Waals surface area contributed by atoms with E-state index in [4.69, 9.17) is 5.73 Å². The van der Waals surface area contributed by atoms with Crippen LogP contribution in [0.15, 0.2) is 55.1 Å². The van der Waals surface area contributed by atoms with Crippen LogP contribution in [0.2, 0.25) is 0 Å². The number of aryl methyl sites for hydroxylation is 1. The summed E-state index contributed by atoms with van der Waals surface area (Å²) in [6, 6.07) is 9.49. The van der Waals surface area contributed by atoms with Crippen molar-refractivity contribution in [3.63, 3.8) is 0 Å². The molecular formula is C18H16FN7. The molecule has 4 rings (SSSR count). The van der Waals surface area contributed by atoms with Crippen molar-refractivity contribution in [2.45, 2.75) is 6.04 Å². The van der Waals surface area contributed by atoms with Crippen LogP contribution in [0, 0.1) is 5.82 Å². The molecule has 4 aromatic rings. The van der Waals surface area contributed by atoms with Gasteiger partial charge in [-0.1, -0.05) is 12.1 Å². The highest BCUT2D eigenvalue weighted by atomic mass is 19.1. The van der Waals surface area contributed by atoms with Crippen molar-refractivity contribution in [2.24, 2.45) is 7.05 Å². The van der Waals surface area contributed by atoms with Gasteiger partial charge in [-0.25, -0.2) is 24.3 Å². The zero-order valence-electron chi connectivity index (χ0n) is 14.0. The molecular weight excluding hydrogens is 333 g/mol. The molecule has 3 aromatic heterocycles. The Morgan fingerprint density at radius 2 is 1.88 bits per heavy atom. The van der Waals surface area contributed by atoms with Crippen LogP contribution in [-0.2, 0) is 7.05 Å². The highest BCUT2D eigenvalue weighted by molar-refractivity contribution is 5.87. The van der Waals surface area contributed by atoms with E-state index in [2.05, 4.69) is 25.3 Å². The minimum absolute atomic E-state index is 0.292. The minimum Gasteiger partial charge on any atom is -0.384 e. The lowest BCUT2D eigenvalue weighted by Gasteiger charge is -2.20. The van der Waals surface area contributed by atoms with Crippen LogP contribution in [0.25, 0.3) is 11.0 Å². The largest absolute Gasteiger partial charge is 0.384 e. The highest BCUT2D eigenvalue weighted by Crippen LogP contribution is 2.28. The second-order valence-electron chi connectivity index (χ2n) is 5.85. The highest BCUT2D eigenvalue weighted by Gasteiger charge is 2.20. The number of benzene rings is 1. The molecule has 130 valence electrons. The predicted octanol–water partition coefficient (Wildman–Crippen LogP) is 2.68. The fraction of sp³-hybridized carbons (Fsp3) is 0.111. The number of halogens is 1. The lowest BCUT2D eigenvalue weighted by Crippen LogP contribution is -2.18. The molecule has 8 heteroatoms. The number of hydrogen-bond donors (Lipinski definition) is 2. The van der Waals surface area contributed by atoms with E-state index >= 15 is 0 Å². The molecule has 0 aliphatic carbocycles. The summed E-state index contributed by atoms with van der Waals surface area (Å²) in [6.07, 6.45) is 5.00. The molecule has 0 unspecified atom stereocenters. The van der Waals surface area contributed by atoms with E-state index in [1.165, 1.54) is 18.5 Å². The standard InChI is InChI=1S/C18H16FN7/c1-26-9-8-21-18(26)15(11-2-4-12(19)5-3-11)25-17-13-6-7-14(20)24-16(13)22-10-23-17/h2-10,15H,1H3,(H3,20,22,23,24,25)/t15-/m0/s1. The van der Waals surface area contributed by atoms with E-state index in [1.807, 2.05) is 23.9 Å². The molecule has 0 saturated heterocycles. The molecule has 1 atom stereocenters. The first-order chi connectivity index (χ1) is 12.6. The van der Waals surface area contributed by atoms with Crippen LogP contribution in [0.3, 0.4) is 0 Å². The van der Waals surface area contributed by atoms with Gasteiger partial charge in [-0.15, -0.1) is 0 Å². The summed E-state index contributed by atoms with van der Waals surface area (Å²) in [5, 5.41) is 4.12. The Bertz CT molecular complexity index is 1060. The molecule has 26 heavy (non-hydrogen) atoms. The molecule has 3 N–H and O–H groups in total. The molecule has 7 nitrogen and oxygen atoms in total. The first-order valence-corrected chi connectivity index (χ1v) is 7.98. The van der Waals surface area contributed by atoms with Crippen LogP contribution < -0.4 is 11.1 Å². The molecule has 0 radical (unpaired) electrons. The van der Waals surface area contributed by atoms with Crippen molar-refractivity contribution in [1.29, 1.82) is 0 Å². The first-order valence-electron chi connectivity index (χ1n) is 7.98. The summed E-state index contributed by atoms with van der Waals surface area (Å²) in [6.45, 7) is 0. The van der Waals surface area contributed by atoms with Crippen molar-refractivity contribution in [3.8, 4) is 0 Å². The number of aromatic nitrogens is 5. The van der Waals surface area contributed by atoms with Gasteiger partial charge in [-0.2, -0.15) is 0 Å². The SMILES string of the molecule is Cn1ccnc1[C@@H](Nc1ncnc2nc(N)ccc12)c1ccc(F)cc1. The number of nitrogens with zero attached hydrogens (tertiary/aromatic N) is 5. The molecule has 0 aliphatic heterocycles. The Morgan fingerprint density at radius 1 is 1.08 bits per heavy atom. The molecule has 0 fully saturated rings. The van der Waals surface area contributed by atoms with Crippen molar-refractivity contribution in [3.05, 3.63) is 72.3 Å². The van der Waals surface area contributed by atoms with Gasteiger partial charge in [-0.05, 0) is 29.8 Å². The van der Waals surface area contributed by atoms with Crippen LogP contribution in [0.1, 0.15) is 17.4 Å². The van der Waals surface area contributed by atoms with E-state index in [9.17, 15) is 4.39 Å². The average molecular weight is 349 g/mol. The normalized spacial score (nSPS) is 12.2. The van der Waals surface area contributed by atoms with E-state index in [1.54, 1.807) is 24.4 Å². The number of nitrogen functional groups attached to an aromatic ring is 1. The van der Waals surface area contributed by atoms with E-state index in [-0.39, 0.29) is 11.9 Å². The summed E-state index contributed by atoms with van der Waals surface area (Å²) in [7, 11) is 1.90. The minimum atomic E-state index is -0.328. The fourth-order valence-electron chi connectivity index (χ4n) is 2.82. The maximum Gasteiger partial charge on any atom is 0.166 e. The third-order valence-electron chi connectivity index (χ3n) is 4.12. The molecule has 1 aromatic carbocycles. The Morgan fingerprint density at radius 3 is 2.62 bits per heavy atom. The van der Waals surface area contributed by atoms with Crippen LogP contribution in [0.4, 0.5) is 16.0 Å². The Hall–Kier alpha value is -3.55. The number of nitrogens with one attached hydrogen (secondary N) is 1. The zero-order chi connectivity index (χ0) is 18.1. The number of pyridine rings is 1. The predicted molar refractivity (Wildman–Crippen MR) is 96.8 cm³/mol. The van der Waals surface area contributed by atoms with Gasteiger partial charge in [0, 0.05) is 19.4 Å². The van der Waals surface area contributed by atoms with Crippen molar-refractivity contribution in [1.82, 2.24) is 24.5 Å². The van der Waals surface area contributed by atoms with Crippen LogP contribution in [-0.4, -0.2) is 24.5 Å². The Balaban J connectivity index is 1.81. The van der Waals surface area contributed by atoms with Gasteiger partial charge in [0.1, 0.15) is 35.6 Å². The van der Waals surface area contributed by atoms with Crippen LogP contribution in [0.5, 0.6) is 0 Å².